The van der Waals surface area contributed by atoms with E-state index in [1.54, 1.807) is 0 Å². The fourth-order valence-electron chi connectivity index (χ4n) is 1.95. The molecule has 1 aromatic carbocycles. The molecule has 0 saturated heterocycles. The molecule has 0 bridgehead atoms. The topological polar surface area (TPSA) is 104 Å². The summed E-state index contributed by atoms with van der Waals surface area (Å²) in [5, 5.41) is 20.1. The molecule has 0 fully saturated rings. The van der Waals surface area contributed by atoms with Gasteiger partial charge >= 0.3 is 11.9 Å². The van der Waals surface area contributed by atoms with Crippen LogP contribution in [0.1, 0.15) is 18.4 Å². The summed E-state index contributed by atoms with van der Waals surface area (Å²) in [6.07, 6.45) is -0.0239. The Labute approximate surface area is 133 Å². The smallest absolute Gasteiger partial charge is 0.326 e. The predicted octanol–water partition coefficient (Wildman–Crippen LogP) is 1.21. The van der Waals surface area contributed by atoms with Gasteiger partial charge in [-0.2, -0.15) is 12.6 Å². The Morgan fingerprint density at radius 2 is 1.77 bits per heavy atom. The van der Waals surface area contributed by atoms with Crippen LogP contribution in [0.2, 0.25) is 0 Å². The first-order valence-corrected chi connectivity index (χ1v) is 7.47. The molecular formula is C15H19NO5S. The van der Waals surface area contributed by atoms with Crippen LogP contribution in [0.5, 0.6) is 0 Å². The number of carboxylic acids is 2. The van der Waals surface area contributed by atoms with Gasteiger partial charge < -0.3 is 15.5 Å². The van der Waals surface area contributed by atoms with Gasteiger partial charge in [0, 0.05) is 12.2 Å². The van der Waals surface area contributed by atoms with Gasteiger partial charge in [-0.25, -0.2) is 4.79 Å². The minimum Gasteiger partial charge on any atom is -0.481 e. The third kappa shape index (κ3) is 6.17. The molecule has 3 N–H and O–H groups in total. The summed E-state index contributed by atoms with van der Waals surface area (Å²) in [5.74, 6) is -2.98. The van der Waals surface area contributed by atoms with E-state index < -0.39 is 29.8 Å². The maximum absolute atomic E-state index is 12.2. The van der Waals surface area contributed by atoms with Crippen molar-refractivity contribution in [2.75, 3.05) is 5.75 Å². The summed E-state index contributed by atoms with van der Waals surface area (Å²) in [4.78, 5) is 33.8. The summed E-state index contributed by atoms with van der Waals surface area (Å²) in [7, 11) is 0. The molecule has 0 aliphatic rings. The van der Waals surface area contributed by atoms with Gasteiger partial charge in [0.1, 0.15) is 6.04 Å². The van der Waals surface area contributed by atoms with Crippen LogP contribution in [-0.2, 0) is 20.8 Å². The summed E-state index contributed by atoms with van der Waals surface area (Å²) >= 11 is 4.14. The molecule has 22 heavy (non-hydrogen) atoms. The largest absolute Gasteiger partial charge is 0.481 e. The number of benzene rings is 1. The van der Waals surface area contributed by atoms with E-state index in [-0.39, 0.29) is 18.6 Å². The average Bonchev–Trinajstić information content (AvgIpc) is 2.49. The Balaban J connectivity index is 2.65. The van der Waals surface area contributed by atoms with Crippen molar-refractivity contribution in [2.24, 2.45) is 5.92 Å². The van der Waals surface area contributed by atoms with E-state index in [2.05, 4.69) is 17.9 Å². The monoisotopic (exact) mass is 325 g/mol. The standard InChI is InChI=1S/C15H19NO5S/c17-13(18)7-6-12(15(20)21)16-14(19)11(9-22)8-10-4-2-1-3-5-10/h1-5,11-12,22H,6-9H2,(H,16,19)(H,17,18)(H,20,21). The van der Waals surface area contributed by atoms with E-state index in [4.69, 9.17) is 10.2 Å². The number of carbonyl (C=O) groups is 3. The van der Waals surface area contributed by atoms with Crippen LogP contribution < -0.4 is 5.32 Å². The number of nitrogens with one attached hydrogen (secondary N) is 1. The van der Waals surface area contributed by atoms with Crippen molar-refractivity contribution in [2.45, 2.75) is 25.3 Å². The SMILES string of the molecule is O=C(O)CCC(NC(=O)C(CS)Cc1ccccc1)C(=O)O. The molecule has 0 saturated carbocycles. The van der Waals surface area contributed by atoms with Crippen molar-refractivity contribution < 1.29 is 24.6 Å². The number of carboxylic acid groups (broad SMARTS) is 2. The molecular weight excluding hydrogens is 306 g/mol. The van der Waals surface area contributed by atoms with Gasteiger partial charge in [-0.3, -0.25) is 9.59 Å². The van der Waals surface area contributed by atoms with Crippen molar-refractivity contribution in [1.29, 1.82) is 0 Å². The number of hydrogen-bond donors (Lipinski definition) is 4. The first-order valence-electron chi connectivity index (χ1n) is 6.83. The lowest BCUT2D eigenvalue weighted by molar-refractivity contribution is -0.143. The van der Waals surface area contributed by atoms with Crippen LogP contribution in [0, 0.1) is 5.92 Å². The van der Waals surface area contributed by atoms with E-state index in [0.29, 0.717) is 6.42 Å². The number of aliphatic carboxylic acids is 2. The molecule has 0 aliphatic heterocycles. The van der Waals surface area contributed by atoms with Crippen LogP contribution in [0.25, 0.3) is 0 Å². The molecule has 0 heterocycles. The lowest BCUT2D eigenvalue weighted by Crippen LogP contribution is -2.44. The van der Waals surface area contributed by atoms with Crippen molar-refractivity contribution >= 4 is 30.5 Å². The molecule has 1 rings (SSSR count). The highest BCUT2D eigenvalue weighted by Gasteiger charge is 2.25. The number of amides is 1. The van der Waals surface area contributed by atoms with Gasteiger partial charge in [0.25, 0.3) is 0 Å². The second-order valence-corrected chi connectivity index (χ2v) is 5.27. The van der Waals surface area contributed by atoms with Crippen LogP contribution in [-0.4, -0.2) is 39.9 Å². The summed E-state index contributed by atoms with van der Waals surface area (Å²) in [6, 6.07) is 8.13. The van der Waals surface area contributed by atoms with Crippen molar-refractivity contribution in [3.05, 3.63) is 35.9 Å². The molecule has 0 spiro atoms. The molecule has 6 nitrogen and oxygen atoms in total. The highest BCUT2D eigenvalue weighted by molar-refractivity contribution is 7.80. The first-order chi connectivity index (χ1) is 10.4. The summed E-state index contributed by atoms with van der Waals surface area (Å²) < 4.78 is 0. The summed E-state index contributed by atoms with van der Waals surface area (Å²) in [5.41, 5.74) is 0.953. The Morgan fingerprint density at radius 3 is 2.27 bits per heavy atom. The maximum Gasteiger partial charge on any atom is 0.326 e. The van der Waals surface area contributed by atoms with Crippen molar-refractivity contribution in [3.8, 4) is 0 Å². The van der Waals surface area contributed by atoms with E-state index in [9.17, 15) is 14.4 Å². The molecule has 2 atom stereocenters. The Bertz CT molecular complexity index is 520. The second kappa shape index (κ2) is 9.09. The lowest BCUT2D eigenvalue weighted by Gasteiger charge is -2.19. The van der Waals surface area contributed by atoms with E-state index >= 15 is 0 Å². The Morgan fingerprint density at radius 1 is 1.14 bits per heavy atom. The zero-order chi connectivity index (χ0) is 16.5. The third-order valence-electron chi connectivity index (χ3n) is 3.18. The molecule has 0 radical (unpaired) electrons. The van der Waals surface area contributed by atoms with Gasteiger partial charge in [0.2, 0.25) is 5.91 Å². The third-order valence-corrected chi connectivity index (χ3v) is 3.62. The Hall–Kier alpha value is -2.02. The average molecular weight is 325 g/mol. The van der Waals surface area contributed by atoms with E-state index in [1.165, 1.54) is 0 Å². The van der Waals surface area contributed by atoms with Crippen molar-refractivity contribution in [3.63, 3.8) is 0 Å². The number of hydrogen-bond acceptors (Lipinski definition) is 4. The van der Waals surface area contributed by atoms with Gasteiger partial charge in [-0.05, 0) is 18.4 Å². The molecule has 120 valence electrons. The molecule has 0 aromatic heterocycles. The first kappa shape index (κ1) is 18.0. The van der Waals surface area contributed by atoms with Crippen LogP contribution >= 0.6 is 12.6 Å². The molecule has 2 unspecified atom stereocenters. The lowest BCUT2D eigenvalue weighted by atomic mass is 9.99. The minimum absolute atomic E-state index is 0.152. The number of thiol groups is 1. The number of rotatable bonds is 9. The fourth-order valence-corrected chi connectivity index (χ4v) is 2.25. The van der Waals surface area contributed by atoms with Crippen LogP contribution in [0.4, 0.5) is 0 Å². The van der Waals surface area contributed by atoms with E-state index in [0.717, 1.165) is 5.56 Å². The second-order valence-electron chi connectivity index (χ2n) is 4.90. The fraction of sp³-hybridized carbons (Fsp3) is 0.400. The maximum atomic E-state index is 12.2. The predicted molar refractivity (Wildman–Crippen MR) is 83.9 cm³/mol. The minimum atomic E-state index is -1.24. The van der Waals surface area contributed by atoms with Gasteiger partial charge in [0.05, 0.1) is 5.92 Å². The zero-order valence-corrected chi connectivity index (χ0v) is 12.8. The van der Waals surface area contributed by atoms with Crippen LogP contribution in [0.3, 0.4) is 0 Å². The quantitative estimate of drug-likeness (QED) is 0.511. The normalized spacial score (nSPS) is 13.1. The van der Waals surface area contributed by atoms with Gasteiger partial charge in [-0.15, -0.1) is 0 Å². The molecule has 0 aliphatic carbocycles. The number of carbonyl (C=O) groups excluding carboxylic acids is 1. The van der Waals surface area contributed by atoms with Crippen molar-refractivity contribution in [1.82, 2.24) is 5.32 Å². The molecule has 1 aromatic rings. The van der Waals surface area contributed by atoms with Gasteiger partial charge in [0.15, 0.2) is 0 Å². The highest BCUT2D eigenvalue weighted by atomic mass is 32.1. The molecule has 7 heteroatoms. The zero-order valence-electron chi connectivity index (χ0n) is 11.9. The molecule has 1 amide bonds. The summed E-state index contributed by atoms with van der Waals surface area (Å²) in [6.45, 7) is 0. The Kier molecular flexibility index (Phi) is 7.45. The van der Waals surface area contributed by atoms with Crippen LogP contribution in [0.15, 0.2) is 30.3 Å². The van der Waals surface area contributed by atoms with Gasteiger partial charge in [-0.1, -0.05) is 30.3 Å². The van der Waals surface area contributed by atoms with E-state index in [1.807, 2.05) is 30.3 Å². The highest BCUT2D eigenvalue weighted by Crippen LogP contribution is 2.11.